The van der Waals surface area contributed by atoms with Gasteiger partial charge in [-0.1, -0.05) is 0 Å². The molecule has 0 bridgehead atoms. The van der Waals surface area contributed by atoms with Crippen molar-refractivity contribution in [2.24, 2.45) is 7.05 Å². The molecule has 0 amide bonds. The van der Waals surface area contributed by atoms with E-state index in [4.69, 9.17) is 5.11 Å². The fourth-order valence-corrected chi connectivity index (χ4v) is 1.57. The second-order valence-electron chi connectivity index (χ2n) is 3.52. The van der Waals surface area contributed by atoms with Gasteiger partial charge < -0.3 is 5.11 Å². The molecular formula is C9H12N2O2. The highest BCUT2D eigenvalue weighted by Crippen LogP contribution is 2.41. The molecule has 1 aliphatic carbocycles. The molecule has 0 spiro atoms. The Morgan fingerprint density at radius 2 is 2.46 bits per heavy atom. The molecule has 1 fully saturated rings. The third-order valence-electron chi connectivity index (χ3n) is 2.43. The van der Waals surface area contributed by atoms with E-state index in [0.717, 1.165) is 11.3 Å². The first-order chi connectivity index (χ1) is 6.18. The summed E-state index contributed by atoms with van der Waals surface area (Å²) in [6.45, 7) is 0. The van der Waals surface area contributed by atoms with Crippen molar-refractivity contribution >= 4 is 5.97 Å². The van der Waals surface area contributed by atoms with Gasteiger partial charge in [0.1, 0.15) is 0 Å². The van der Waals surface area contributed by atoms with Gasteiger partial charge in [0.2, 0.25) is 0 Å². The number of rotatable bonds is 3. The van der Waals surface area contributed by atoms with Crippen LogP contribution in [-0.4, -0.2) is 20.9 Å². The number of carboxylic acids is 1. The molecule has 1 N–H and O–H groups in total. The van der Waals surface area contributed by atoms with Gasteiger partial charge in [-0.25, -0.2) is 0 Å². The van der Waals surface area contributed by atoms with E-state index in [1.54, 1.807) is 17.9 Å². The first kappa shape index (κ1) is 8.29. The first-order valence-electron chi connectivity index (χ1n) is 4.41. The molecule has 70 valence electrons. The Labute approximate surface area is 76.2 Å². The first-order valence-corrected chi connectivity index (χ1v) is 4.41. The molecule has 1 aliphatic rings. The largest absolute Gasteiger partial charge is 0.481 e. The van der Waals surface area contributed by atoms with E-state index in [2.05, 4.69) is 5.10 Å². The molecule has 2 rings (SSSR count). The lowest BCUT2D eigenvalue weighted by molar-refractivity contribution is -0.136. The molecule has 1 heterocycles. The van der Waals surface area contributed by atoms with Crippen molar-refractivity contribution < 1.29 is 9.90 Å². The van der Waals surface area contributed by atoms with Crippen LogP contribution >= 0.6 is 0 Å². The van der Waals surface area contributed by atoms with Gasteiger partial charge in [-0.2, -0.15) is 5.10 Å². The molecule has 0 unspecified atom stereocenters. The summed E-state index contributed by atoms with van der Waals surface area (Å²) < 4.78 is 1.67. The van der Waals surface area contributed by atoms with Crippen LogP contribution in [0.1, 0.15) is 30.0 Å². The Balaban J connectivity index is 2.28. The monoisotopic (exact) mass is 180 g/mol. The van der Waals surface area contributed by atoms with E-state index < -0.39 is 5.97 Å². The predicted octanol–water partition coefficient (Wildman–Crippen LogP) is 0.925. The van der Waals surface area contributed by atoms with Gasteiger partial charge in [-0.05, 0) is 24.3 Å². The van der Waals surface area contributed by atoms with Crippen LogP contribution < -0.4 is 0 Å². The highest BCUT2D eigenvalue weighted by atomic mass is 16.4. The van der Waals surface area contributed by atoms with Gasteiger partial charge in [0.25, 0.3) is 0 Å². The van der Waals surface area contributed by atoms with Crippen LogP contribution in [0.4, 0.5) is 0 Å². The number of hydrogen-bond donors (Lipinski definition) is 1. The quantitative estimate of drug-likeness (QED) is 0.752. The molecular weight excluding hydrogens is 168 g/mol. The molecule has 0 aliphatic heterocycles. The predicted molar refractivity (Wildman–Crippen MR) is 46.5 cm³/mol. The minimum atomic E-state index is -0.787. The van der Waals surface area contributed by atoms with E-state index in [9.17, 15) is 4.79 Å². The normalized spacial score (nSPS) is 16.1. The van der Waals surface area contributed by atoms with Crippen LogP contribution in [0.5, 0.6) is 0 Å². The summed E-state index contributed by atoms with van der Waals surface area (Å²) in [4.78, 5) is 10.6. The molecule has 4 heteroatoms. The second-order valence-corrected chi connectivity index (χ2v) is 3.52. The van der Waals surface area contributed by atoms with E-state index in [-0.39, 0.29) is 6.42 Å². The number of aryl methyl sites for hydroxylation is 1. The van der Waals surface area contributed by atoms with Crippen molar-refractivity contribution in [3.63, 3.8) is 0 Å². The lowest BCUT2D eigenvalue weighted by Gasteiger charge is -2.01. The number of hydrogen-bond acceptors (Lipinski definition) is 2. The summed E-state index contributed by atoms with van der Waals surface area (Å²) in [6, 6.07) is 0. The number of aromatic nitrogens is 2. The summed E-state index contributed by atoms with van der Waals surface area (Å²) >= 11 is 0. The Bertz CT molecular complexity index is 339. The van der Waals surface area contributed by atoms with Gasteiger partial charge in [0.05, 0.1) is 18.3 Å². The van der Waals surface area contributed by atoms with Crippen molar-refractivity contribution in [2.75, 3.05) is 0 Å². The van der Waals surface area contributed by atoms with Crippen LogP contribution in [0.25, 0.3) is 0 Å². The van der Waals surface area contributed by atoms with E-state index in [0.29, 0.717) is 5.92 Å². The summed E-state index contributed by atoms with van der Waals surface area (Å²) in [5, 5.41) is 12.8. The zero-order valence-corrected chi connectivity index (χ0v) is 7.53. The average Bonchev–Trinajstić information content (AvgIpc) is 2.81. The number of nitrogens with zero attached hydrogens (tertiary/aromatic N) is 2. The van der Waals surface area contributed by atoms with Crippen LogP contribution in [-0.2, 0) is 18.3 Å². The fraction of sp³-hybridized carbons (Fsp3) is 0.556. The standard InChI is InChI=1S/C9H12N2O2/c1-11-8(4-9(12)13)7(5-10-11)6-2-3-6/h5-6H,2-4H2,1H3,(H,12,13). The number of carboxylic acid groups (broad SMARTS) is 1. The van der Waals surface area contributed by atoms with Crippen LogP contribution in [0.2, 0.25) is 0 Å². The Morgan fingerprint density at radius 3 is 3.00 bits per heavy atom. The zero-order valence-electron chi connectivity index (χ0n) is 7.53. The summed E-state index contributed by atoms with van der Waals surface area (Å²) in [6.07, 6.45) is 4.24. The lowest BCUT2D eigenvalue weighted by Crippen LogP contribution is -2.07. The maximum Gasteiger partial charge on any atom is 0.309 e. The Hall–Kier alpha value is -1.32. The maximum atomic E-state index is 10.6. The molecule has 4 nitrogen and oxygen atoms in total. The van der Waals surface area contributed by atoms with Crippen LogP contribution in [0, 0.1) is 0 Å². The highest BCUT2D eigenvalue weighted by Gasteiger charge is 2.28. The molecule has 0 aromatic carbocycles. The molecule has 13 heavy (non-hydrogen) atoms. The van der Waals surface area contributed by atoms with Crippen molar-refractivity contribution in [2.45, 2.75) is 25.2 Å². The topological polar surface area (TPSA) is 55.1 Å². The molecule has 1 aromatic heterocycles. The molecule has 1 saturated carbocycles. The van der Waals surface area contributed by atoms with Crippen molar-refractivity contribution in [3.05, 3.63) is 17.5 Å². The van der Waals surface area contributed by atoms with E-state index >= 15 is 0 Å². The van der Waals surface area contributed by atoms with Crippen LogP contribution in [0.3, 0.4) is 0 Å². The molecule has 1 aromatic rings. The maximum absolute atomic E-state index is 10.6. The molecule has 0 atom stereocenters. The van der Waals surface area contributed by atoms with E-state index in [1.165, 1.54) is 12.8 Å². The van der Waals surface area contributed by atoms with Crippen molar-refractivity contribution in [1.82, 2.24) is 9.78 Å². The molecule has 0 radical (unpaired) electrons. The summed E-state index contributed by atoms with van der Waals surface area (Å²) in [5.74, 6) is -0.214. The van der Waals surface area contributed by atoms with Gasteiger partial charge in [0, 0.05) is 7.05 Å². The van der Waals surface area contributed by atoms with E-state index in [1.807, 2.05) is 0 Å². The van der Waals surface area contributed by atoms with Gasteiger partial charge in [0.15, 0.2) is 0 Å². The van der Waals surface area contributed by atoms with Gasteiger partial charge in [-0.3, -0.25) is 9.48 Å². The Kier molecular flexibility index (Phi) is 1.83. The van der Waals surface area contributed by atoms with Crippen molar-refractivity contribution in [1.29, 1.82) is 0 Å². The third kappa shape index (κ3) is 1.56. The number of aliphatic carboxylic acids is 1. The average molecular weight is 180 g/mol. The summed E-state index contributed by atoms with van der Waals surface area (Å²) in [7, 11) is 1.80. The SMILES string of the molecule is Cn1ncc(C2CC2)c1CC(=O)O. The minimum Gasteiger partial charge on any atom is -0.481 e. The van der Waals surface area contributed by atoms with Crippen LogP contribution in [0.15, 0.2) is 6.20 Å². The van der Waals surface area contributed by atoms with Crippen molar-refractivity contribution in [3.8, 4) is 0 Å². The highest BCUT2D eigenvalue weighted by molar-refractivity contribution is 5.70. The third-order valence-corrected chi connectivity index (χ3v) is 2.43. The zero-order chi connectivity index (χ0) is 9.42. The fourth-order valence-electron chi connectivity index (χ4n) is 1.57. The van der Waals surface area contributed by atoms with Gasteiger partial charge >= 0.3 is 5.97 Å². The van der Waals surface area contributed by atoms with Gasteiger partial charge in [-0.15, -0.1) is 0 Å². The smallest absolute Gasteiger partial charge is 0.309 e. The Morgan fingerprint density at radius 1 is 1.77 bits per heavy atom. The second kappa shape index (κ2) is 2.87. The summed E-state index contributed by atoms with van der Waals surface area (Å²) in [5.41, 5.74) is 1.99. The minimum absolute atomic E-state index is 0.0856. The molecule has 0 saturated heterocycles. The lowest BCUT2D eigenvalue weighted by atomic mass is 10.1. The number of carbonyl (C=O) groups is 1.